The second kappa shape index (κ2) is 4.33. The van der Waals surface area contributed by atoms with E-state index in [0.29, 0.717) is 0 Å². The van der Waals surface area contributed by atoms with Gasteiger partial charge in [0, 0.05) is 0 Å². The van der Waals surface area contributed by atoms with Crippen LogP contribution in [0, 0.1) is 0 Å². The number of hydrogen-bond donors (Lipinski definition) is 1. The van der Waals surface area contributed by atoms with Crippen molar-refractivity contribution in [3.63, 3.8) is 0 Å². The van der Waals surface area contributed by atoms with Crippen molar-refractivity contribution in [2.75, 3.05) is 0 Å². The minimum atomic E-state index is -1.97. The lowest BCUT2D eigenvalue weighted by Gasteiger charge is -1.79. The first kappa shape index (κ1) is 7.17. The molecule has 0 N–H and O–H groups in total. The fourth-order valence-electron chi connectivity index (χ4n) is 0.287. The molecule has 2 nitrogen and oxygen atoms in total. The zero-order valence-electron chi connectivity index (χ0n) is 4.39. The molecule has 0 aliphatic heterocycles. The summed E-state index contributed by atoms with van der Waals surface area (Å²) in [5, 5.41) is 0. The van der Waals surface area contributed by atoms with Gasteiger partial charge in [-0.15, -0.1) is 0 Å². The van der Waals surface area contributed by atoms with Crippen molar-refractivity contribution < 1.29 is 8.42 Å². The molecule has 0 spiro atoms. The molecule has 0 bridgehead atoms. The van der Waals surface area contributed by atoms with E-state index in [1.807, 2.05) is 6.92 Å². The number of hydrogen-bond acceptors (Lipinski definition) is 2. The maximum Gasteiger partial charge on any atom is 0.161 e. The van der Waals surface area contributed by atoms with E-state index in [9.17, 15) is 8.42 Å². The van der Waals surface area contributed by atoms with E-state index in [-0.39, 0.29) is 0 Å². The summed E-state index contributed by atoms with van der Waals surface area (Å²) in [5.41, 5.74) is 0. The van der Waals surface area contributed by atoms with Crippen molar-refractivity contribution in [1.82, 2.24) is 0 Å². The van der Waals surface area contributed by atoms with Gasteiger partial charge < -0.3 is 0 Å². The van der Waals surface area contributed by atoms with Crippen molar-refractivity contribution in [3.8, 4) is 0 Å². The average Bonchev–Trinajstić information content (AvgIpc) is 1.61. The summed E-state index contributed by atoms with van der Waals surface area (Å²) in [6, 6.07) is 0.943. The van der Waals surface area contributed by atoms with Gasteiger partial charge in [-0.05, 0) is 6.04 Å². The Bertz CT molecular complexity index is 91.1. The minimum absolute atomic E-state index is 0.700. The smallest absolute Gasteiger partial charge is 0.161 e. The van der Waals surface area contributed by atoms with Gasteiger partial charge in [-0.25, -0.2) is 8.42 Å². The lowest BCUT2D eigenvalue weighted by molar-refractivity contribution is 0.625. The maximum absolute atomic E-state index is 9.86. The standard InChI is InChI=1S/C3H10O2SSi/c1-2-3-7-6(4)5/h6H,2-3,7H2,1H3. The van der Waals surface area contributed by atoms with Crippen LogP contribution in [0.4, 0.5) is 0 Å². The molecule has 0 atom stereocenters. The third-order valence-corrected chi connectivity index (χ3v) is 4.13. The van der Waals surface area contributed by atoms with Gasteiger partial charge in [0.05, 0.1) is 0 Å². The second-order valence-electron chi connectivity index (χ2n) is 1.41. The molecular formula is C3H10O2SSi. The van der Waals surface area contributed by atoms with Crippen LogP contribution >= 0.6 is 0 Å². The fourth-order valence-corrected chi connectivity index (χ4v) is 2.58. The van der Waals surface area contributed by atoms with Crippen LogP contribution in [0.1, 0.15) is 13.3 Å². The Labute approximate surface area is 47.3 Å². The summed E-state index contributed by atoms with van der Waals surface area (Å²) >= 11 is 0. The molecule has 0 heterocycles. The highest BCUT2D eigenvalue weighted by molar-refractivity contribution is 7.99. The molecule has 0 aliphatic carbocycles. The normalized spacial score (nSPS) is 11.7. The quantitative estimate of drug-likeness (QED) is 0.422. The Kier molecular flexibility index (Phi) is 4.43. The Morgan fingerprint density at radius 3 is 2.29 bits per heavy atom. The predicted octanol–water partition coefficient (Wildman–Crippen LogP) is -0.490. The first-order chi connectivity index (χ1) is 3.27. The molecule has 0 fully saturated rings. The van der Waals surface area contributed by atoms with Crippen LogP contribution in [0.25, 0.3) is 0 Å². The van der Waals surface area contributed by atoms with Gasteiger partial charge in [-0.1, -0.05) is 13.3 Å². The molecule has 0 amide bonds. The van der Waals surface area contributed by atoms with E-state index in [4.69, 9.17) is 0 Å². The lowest BCUT2D eigenvalue weighted by Crippen LogP contribution is -1.88. The van der Waals surface area contributed by atoms with Crippen LogP contribution in [-0.4, -0.2) is 17.1 Å². The van der Waals surface area contributed by atoms with Gasteiger partial charge in [0.25, 0.3) is 0 Å². The molecular weight excluding hydrogens is 128 g/mol. The minimum Gasteiger partial charge on any atom is -0.240 e. The summed E-state index contributed by atoms with van der Waals surface area (Å²) in [6.07, 6.45) is 1.02. The molecule has 4 heteroatoms. The van der Waals surface area contributed by atoms with Crippen molar-refractivity contribution in [1.29, 1.82) is 0 Å². The Balaban J connectivity index is 2.98. The second-order valence-corrected chi connectivity index (χ2v) is 6.12. The number of rotatable bonds is 3. The molecule has 7 heavy (non-hydrogen) atoms. The third kappa shape index (κ3) is 6.17. The van der Waals surface area contributed by atoms with Gasteiger partial charge in [0.1, 0.15) is 10.2 Å². The molecule has 0 aliphatic rings. The summed E-state index contributed by atoms with van der Waals surface area (Å²) in [5.74, 6) is 0. The van der Waals surface area contributed by atoms with Crippen LogP contribution in [0.3, 0.4) is 0 Å². The first-order valence-electron chi connectivity index (χ1n) is 2.39. The first-order valence-corrected chi connectivity index (χ1v) is 6.65. The van der Waals surface area contributed by atoms with Gasteiger partial charge in [0.15, 0.2) is 8.67 Å². The zero-order valence-corrected chi connectivity index (χ0v) is 6.69. The summed E-state index contributed by atoms with van der Waals surface area (Å²) in [4.78, 5) is 0. The molecule has 0 radical (unpaired) electrons. The van der Waals surface area contributed by atoms with Crippen LogP contribution < -0.4 is 0 Å². The molecule has 0 unspecified atom stereocenters. The van der Waals surface area contributed by atoms with E-state index in [0.717, 1.165) is 12.5 Å². The van der Waals surface area contributed by atoms with E-state index in [1.54, 1.807) is 0 Å². The zero-order chi connectivity index (χ0) is 5.70. The van der Waals surface area contributed by atoms with Crippen LogP contribution in [-0.2, 0) is 10.2 Å². The molecule has 44 valence electrons. The average molecular weight is 138 g/mol. The predicted molar refractivity (Wildman–Crippen MR) is 34.0 cm³/mol. The van der Waals surface area contributed by atoms with Gasteiger partial charge in [-0.3, -0.25) is 0 Å². The van der Waals surface area contributed by atoms with Gasteiger partial charge >= 0.3 is 0 Å². The Morgan fingerprint density at radius 1 is 1.57 bits per heavy atom. The SMILES string of the molecule is CCC[SiH2][SH](=O)=O. The largest absolute Gasteiger partial charge is 0.240 e. The van der Waals surface area contributed by atoms with Crippen molar-refractivity contribution in [2.24, 2.45) is 0 Å². The highest BCUT2D eigenvalue weighted by Crippen LogP contribution is 1.82. The molecule has 0 aromatic heterocycles. The van der Waals surface area contributed by atoms with Crippen molar-refractivity contribution >= 4 is 18.8 Å². The number of thiol groups is 1. The fraction of sp³-hybridized carbons (Fsp3) is 1.00. The van der Waals surface area contributed by atoms with Crippen LogP contribution in [0.2, 0.25) is 6.04 Å². The maximum atomic E-state index is 9.86. The van der Waals surface area contributed by atoms with Crippen molar-refractivity contribution in [2.45, 2.75) is 19.4 Å². The van der Waals surface area contributed by atoms with Gasteiger partial charge in [0.2, 0.25) is 0 Å². The van der Waals surface area contributed by atoms with Gasteiger partial charge in [-0.2, -0.15) is 0 Å². The van der Waals surface area contributed by atoms with E-state index >= 15 is 0 Å². The molecule has 0 rings (SSSR count). The molecule has 0 saturated heterocycles. The summed E-state index contributed by atoms with van der Waals surface area (Å²) in [6.45, 7) is 2.01. The lowest BCUT2D eigenvalue weighted by atomic mass is 10.6. The topological polar surface area (TPSA) is 34.1 Å². The highest BCUT2D eigenvalue weighted by atomic mass is 32.4. The third-order valence-electron chi connectivity index (χ3n) is 0.694. The summed E-state index contributed by atoms with van der Waals surface area (Å²) < 4.78 is 19.7. The van der Waals surface area contributed by atoms with Crippen molar-refractivity contribution in [3.05, 3.63) is 0 Å². The van der Waals surface area contributed by atoms with E-state index in [2.05, 4.69) is 0 Å². The van der Waals surface area contributed by atoms with E-state index < -0.39 is 18.8 Å². The molecule has 0 saturated carbocycles. The van der Waals surface area contributed by atoms with E-state index in [1.165, 1.54) is 0 Å². The molecule has 0 aromatic carbocycles. The Morgan fingerprint density at radius 2 is 2.14 bits per heavy atom. The molecule has 0 aromatic rings. The highest BCUT2D eigenvalue weighted by Gasteiger charge is 1.84. The monoisotopic (exact) mass is 138 g/mol. The van der Waals surface area contributed by atoms with Crippen LogP contribution in [0.15, 0.2) is 0 Å². The Hall–Kier alpha value is 0.167. The summed E-state index contributed by atoms with van der Waals surface area (Å²) in [7, 11) is -2.67. The van der Waals surface area contributed by atoms with Crippen LogP contribution in [0.5, 0.6) is 0 Å².